The van der Waals surface area contributed by atoms with Crippen molar-refractivity contribution in [1.82, 2.24) is 5.32 Å². The van der Waals surface area contributed by atoms with Crippen molar-refractivity contribution in [1.29, 1.82) is 0 Å². The molecule has 1 aromatic carbocycles. The molecule has 1 amide bonds. The van der Waals surface area contributed by atoms with E-state index in [1.54, 1.807) is 19.2 Å². The van der Waals surface area contributed by atoms with Crippen LogP contribution in [0.4, 0.5) is 0 Å². The molecule has 0 heterocycles. The molecule has 0 saturated carbocycles. The van der Waals surface area contributed by atoms with Crippen molar-refractivity contribution in [2.75, 3.05) is 20.3 Å². The van der Waals surface area contributed by atoms with Crippen LogP contribution in [0.2, 0.25) is 0 Å². The summed E-state index contributed by atoms with van der Waals surface area (Å²) in [6.07, 6.45) is 0.961. The highest BCUT2D eigenvalue weighted by Gasteiger charge is 2.07. The molecular formula is C15H24N2O3. The number of nitrogens with one attached hydrogen (secondary N) is 1. The highest BCUT2D eigenvalue weighted by atomic mass is 16.5. The van der Waals surface area contributed by atoms with E-state index in [0.717, 1.165) is 17.7 Å². The minimum Gasteiger partial charge on any atom is -0.497 e. The fourth-order valence-electron chi connectivity index (χ4n) is 1.68. The van der Waals surface area contributed by atoms with E-state index in [1.165, 1.54) is 0 Å². The largest absolute Gasteiger partial charge is 0.497 e. The van der Waals surface area contributed by atoms with Gasteiger partial charge in [0, 0.05) is 18.7 Å². The molecule has 0 aliphatic carbocycles. The molecule has 0 aromatic heterocycles. The Bertz CT molecular complexity index is 433. The van der Waals surface area contributed by atoms with E-state index in [-0.39, 0.29) is 12.5 Å². The number of methoxy groups -OCH3 is 1. The summed E-state index contributed by atoms with van der Waals surface area (Å²) in [5.41, 5.74) is 6.48. The lowest BCUT2D eigenvalue weighted by Gasteiger charge is -2.12. The lowest BCUT2D eigenvalue weighted by atomic mass is 10.1. The molecule has 0 bridgehead atoms. The van der Waals surface area contributed by atoms with E-state index in [4.69, 9.17) is 15.2 Å². The average molecular weight is 280 g/mol. The first-order valence-electron chi connectivity index (χ1n) is 6.83. The molecule has 0 saturated heterocycles. The predicted octanol–water partition coefficient (Wildman–Crippen LogP) is 1.69. The van der Waals surface area contributed by atoms with Gasteiger partial charge in [-0.3, -0.25) is 4.79 Å². The molecule has 5 nitrogen and oxygen atoms in total. The van der Waals surface area contributed by atoms with Crippen LogP contribution in [0.1, 0.15) is 25.8 Å². The summed E-state index contributed by atoms with van der Waals surface area (Å²) in [6.45, 7) is 5.24. The van der Waals surface area contributed by atoms with Gasteiger partial charge in [0.25, 0.3) is 5.91 Å². The van der Waals surface area contributed by atoms with Gasteiger partial charge in [0.05, 0.1) is 7.11 Å². The van der Waals surface area contributed by atoms with Crippen molar-refractivity contribution in [3.63, 3.8) is 0 Å². The van der Waals surface area contributed by atoms with Gasteiger partial charge >= 0.3 is 0 Å². The molecule has 0 atom stereocenters. The van der Waals surface area contributed by atoms with E-state index in [1.807, 2.05) is 6.07 Å². The minimum atomic E-state index is -0.121. The van der Waals surface area contributed by atoms with Crippen LogP contribution >= 0.6 is 0 Å². The average Bonchev–Trinajstić information content (AvgIpc) is 2.44. The zero-order valence-electron chi connectivity index (χ0n) is 12.4. The molecule has 0 fully saturated rings. The first kappa shape index (κ1) is 16.3. The number of hydrogen-bond donors (Lipinski definition) is 2. The third kappa shape index (κ3) is 5.48. The maximum absolute atomic E-state index is 11.6. The summed E-state index contributed by atoms with van der Waals surface area (Å²) in [5, 5.41) is 2.82. The molecule has 0 unspecified atom stereocenters. The predicted molar refractivity (Wildman–Crippen MR) is 78.8 cm³/mol. The van der Waals surface area contributed by atoms with Crippen LogP contribution in [0.3, 0.4) is 0 Å². The molecule has 0 aliphatic heterocycles. The molecule has 112 valence electrons. The number of carbonyl (C=O) groups is 1. The maximum atomic E-state index is 11.6. The summed E-state index contributed by atoms with van der Waals surface area (Å²) in [5.74, 6) is 1.79. The number of nitrogens with two attached hydrogens (primary N) is 1. The number of carbonyl (C=O) groups excluding carboxylic acids is 1. The second kappa shape index (κ2) is 8.43. The van der Waals surface area contributed by atoms with Gasteiger partial charge in [-0.1, -0.05) is 13.8 Å². The number of rotatable bonds is 8. The standard InChI is InChI=1S/C15H24N2O3/c1-11(2)6-7-17-15(18)10-20-14-5-4-13(19-3)8-12(14)9-16/h4-5,8,11H,6-7,9-10,16H2,1-3H3,(H,17,18). The first-order chi connectivity index (χ1) is 9.56. The van der Waals surface area contributed by atoms with E-state index in [0.29, 0.717) is 24.8 Å². The quantitative estimate of drug-likeness (QED) is 0.760. The van der Waals surface area contributed by atoms with Gasteiger partial charge < -0.3 is 20.5 Å². The fourth-order valence-corrected chi connectivity index (χ4v) is 1.68. The van der Waals surface area contributed by atoms with Crippen LogP contribution in [-0.4, -0.2) is 26.2 Å². The Morgan fingerprint density at radius 3 is 2.75 bits per heavy atom. The van der Waals surface area contributed by atoms with Gasteiger partial charge in [0.15, 0.2) is 6.61 Å². The Balaban J connectivity index is 2.46. The third-order valence-electron chi connectivity index (χ3n) is 2.89. The second-order valence-electron chi connectivity index (χ2n) is 5.00. The molecule has 5 heteroatoms. The van der Waals surface area contributed by atoms with Crippen molar-refractivity contribution in [3.8, 4) is 11.5 Å². The first-order valence-corrected chi connectivity index (χ1v) is 6.83. The van der Waals surface area contributed by atoms with E-state index in [9.17, 15) is 4.79 Å². The van der Waals surface area contributed by atoms with Gasteiger partial charge in [-0.2, -0.15) is 0 Å². The molecule has 20 heavy (non-hydrogen) atoms. The smallest absolute Gasteiger partial charge is 0.257 e. The molecular weight excluding hydrogens is 256 g/mol. The van der Waals surface area contributed by atoms with E-state index in [2.05, 4.69) is 19.2 Å². The van der Waals surface area contributed by atoms with Crippen LogP contribution in [0.25, 0.3) is 0 Å². The second-order valence-corrected chi connectivity index (χ2v) is 5.00. The lowest BCUT2D eigenvalue weighted by Crippen LogP contribution is -2.30. The highest BCUT2D eigenvalue weighted by molar-refractivity contribution is 5.77. The normalized spacial score (nSPS) is 10.4. The SMILES string of the molecule is COc1ccc(OCC(=O)NCCC(C)C)c(CN)c1. The van der Waals surface area contributed by atoms with Crippen LogP contribution < -0.4 is 20.5 Å². The molecule has 0 radical (unpaired) electrons. The summed E-state index contributed by atoms with van der Waals surface area (Å²) in [6, 6.07) is 5.36. The highest BCUT2D eigenvalue weighted by Crippen LogP contribution is 2.23. The van der Waals surface area contributed by atoms with Gasteiger partial charge in [-0.15, -0.1) is 0 Å². The van der Waals surface area contributed by atoms with Crippen molar-refractivity contribution < 1.29 is 14.3 Å². The molecule has 1 aromatic rings. The number of benzene rings is 1. The Hall–Kier alpha value is -1.75. The summed E-state index contributed by atoms with van der Waals surface area (Å²) in [7, 11) is 1.60. The fraction of sp³-hybridized carbons (Fsp3) is 0.533. The summed E-state index contributed by atoms with van der Waals surface area (Å²) < 4.78 is 10.6. The molecule has 3 N–H and O–H groups in total. The van der Waals surface area contributed by atoms with Crippen molar-refractivity contribution in [3.05, 3.63) is 23.8 Å². The third-order valence-corrected chi connectivity index (χ3v) is 2.89. The zero-order valence-corrected chi connectivity index (χ0v) is 12.4. The van der Waals surface area contributed by atoms with Gasteiger partial charge in [-0.05, 0) is 30.5 Å². The topological polar surface area (TPSA) is 73.6 Å². The van der Waals surface area contributed by atoms with Gasteiger partial charge in [0.2, 0.25) is 0 Å². The molecule has 0 spiro atoms. The Morgan fingerprint density at radius 1 is 1.40 bits per heavy atom. The Labute approximate surface area is 120 Å². The number of ether oxygens (including phenoxy) is 2. The summed E-state index contributed by atoms with van der Waals surface area (Å²) in [4.78, 5) is 11.6. The van der Waals surface area contributed by atoms with Gasteiger partial charge in [-0.25, -0.2) is 0 Å². The van der Waals surface area contributed by atoms with Crippen LogP contribution in [-0.2, 0) is 11.3 Å². The Morgan fingerprint density at radius 2 is 2.15 bits per heavy atom. The lowest BCUT2D eigenvalue weighted by molar-refractivity contribution is -0.123. The van der Waals surface area contributed by atoms with Crippen molar-refractivity contribution >= 4 is 5.91 Å². The molecule has 0 aliphatic rings. The van der Waals surface area contributed by atoms with Crippen molar-refractivity contribution in [2.45, 2.75) is 26.8 Å². The van der Waals surface area contributed by atoms with E-state index < -0.39 is 0 Å². The molecule has 1 rings (SSSR count). The van der Waals surface area contributed by atoms with Crippen LogP contribution in [0, 0.1) is 5.92 Å². The van der Waals surface area contributed by atoms with Crippen LogP contribution in [0.15, 0.2) is 18.2 Å². The number of hydrogen-bond acceptors (Lipinski definition) is 4. The maximum Gasteiger partial charge on any atom is 0.257 e. The monoisotopic (exact) mass is 280 g/mol. The van der Waals surface area contributed by atoms with Crippen molar-refractivity contribution in [2.24, 2.45) is 11.7 Å². The minimum absolute atomic E-state index is 0.00256. The number of amides is 1. The van der Waals surface area contributed by atoms with Gasteiger partial charge in [0.1, 0.15) is 11.5 Å². The Kier molecular flexibility index (Phi) is 6.87. The zero-order chi connectivity index (χ0) is 15.0. The summed E-state index contributed by atoms with van der Waals surface area (Å²) >= 11 is 0. The van der Waals surface area contributed by atoms with E-state index >= 15 is 0 Å². The van der Waals surface area contributed by atoms with Crippen LogP contribution in [0.5, 0.6) is 11.5 Å².